The van der Waals surface area contributed by atoms with Crippen LogP contribution < -0.4 is 15.5 Å². The molecule has 2 N–H and O–H groups in total. The van der Waals surface area contributed by atoms with Gasteiger partial charge in [0.15, 0.2) is 0 Å². The number of aryl methyl sites for hydroxylation is 1. The second kappa shape index (κ2) is 9.99. The normalized spacial score (nSPS) is 23.9. The lowest BCUT2D eigenvalue weighted by molar-refractivity contribution is -0.134. The lowest BCUT2D eigenvalue weighted by atomic mass is 9.88. The molecule has 9 heteroatoms. The Hall–Kier alpha value is -2.16. The number of fused-ring (bicyclic) bond motifs is 1. The van der Waals surface area contributed by atoms with Gasteiger partial charge < -0.3 is 10.2 Å². The predicted octanol–water partition coefficient (Wildman–Crippen LogP) is 2.03. The second-order valence-electron chi connectivity index (χ2n) is 9.57. The van der Waals surface area contributed by atoms with Crippen molar-refractivity contribution in [1.29, 1.82) is 0 Å². The van der Waals surface area contributed by atoms with Crippen molar-refractivity contribution < 1.29 is 9.59 Å². The molecule has 4 heterocycles. The third-order valence-electron chi connectivity index (χ3n) is 7.75. The molecule has 3 aliphatic rings. The summed E-state index contributed by atoms with van der Waals surface area (Å²) >= 11 is 0. The van der Waals surface area contributed by atoms with Crippen LogP contribution in [-0.2, 0) is 16.6 Å². The van der Waals surface area contributed by atoms with Crippen molar-refractivity contribution in [1.82, 2.24) is 25.3 Å². The van der Waals surface area contributed by atoms with Crippen LogP contribution in [0.5, 0.6) is 0 Å². The molecular formula is C24H35ClN6O2. The molecule has 33 heavy (non-hydrogen) atoms. The van der Waals surface area contributed by atoms with E-state index < -0.39 is 0 Å². The van der Waals surface area contributed by atoms with Crippen molar-refractivity contribution in [3.8, 4) is 0 Å². The van der Waals surface area contributed by atoms with E-state index in [-0.39, 0.29) is 30.1 Å². The van der Waals surface area contributed by atoms with Gasteiger partial charge in [0.25, 0.3) is 0 Å². The maximum atomic E-state index is 12.4. The smallest absolute Gasteiger partial charge is 0.235 e. The van der Waals surface area contributed by atoms with Gasteiger partial charge in [0.05, 0.1) is 17.1 Å². The van der Waals surface area contributed by atoms with Crippen LogP contribution in [0.25, 0.3) is 10.9 Å². The average molecular weight is 475 g/mol. The van der Waals surface area contributed by atoms with Crippen LogP contribution in [0.3, 0.4) is 0 Å². The summed E-state index contributed by atoms with van der Waals surface area (Å²) in [6.45, 7) is 9.09. The van der Waals surface area contributed by atoms with Gasteiger partial charge in [-0.3, -0.25) is 24.5 Å². The number of piperidine rings is 2. The van der Waals surface area contributed by atoms with Crippen LogP contribution in [0, 0.1) is 5.92 Å². The summed E-state index contributed by atoms with van der Waals surface area (Å²) in [7, 11) is 1.93. The Kier molecular flexibility index (Phi) is 7.26. The number of imide groups is 1. The van der Waals surface area contributed by atoms with Crippen molar-refractivity contribution in [3.63, 3.8) is 0 Å². The first-order valence-corrected chi connectivity index (χ1v) is 12.0. The van der Waals surface area contributed by atoms with Gasteiger partial charge in [0.1, 0.15) is 0 Å². The Morgan fingerprint density at radius 3 is 2.48 bits per heavy atom. The summed E-state index contributed by atoms with van der Waals surface area (Å²) in [5.41, 5.74) is 3.05. The Bertz CT molecular complexity index is 1010. The van der Waals surface area contributed by atoms with Crippen molar-refractivity contribution in [2.75, 3.05) is 44.2 Å². The number of carbonyl (C=O) groups excluding carboxylic acids is 2. The van der Waals surface area contributed by atoms with Gasteiger partial charge in [-0.2, -0.15) is 5.10 Å². The zero-order valence-electron chi connectivity index (χ0n) is 19.5. The topological polar surface area (TPSA) is 82.5 Å². The number of hydrogen-bond acceptors (Lipinski definition) is 6. The fraction of sp³-hybridized carbons (Fsp3) is 0.625. The van der Waals surface area contributed by atoms with E-state index in [0.717, 1.165) is 61.8 Å². The minimum Gasteiger partial charge on any atom is -0.371 e. The van der Waals surface area contributed by atoms with E-state index in [1.54, 1.807) is 0 Å². The molecule has 8 nitrogen and oxygen atoms in total. The van der Waals surface area contributed by atoms with E-state index in [9.17, 15) is 9.59 Å². The van der Waals surface area contributed by atoms with Crippen LogP contribution in [0.2, 0.25) is 0 Å². The Balaban J connectivity index is 0.00000259. The fourth-order valence-electron chi connectivity index (χ4n) is 5.71. The van der Waals surface area contributed by atoms with Gasteiger partial charge in [0.2, 0.25) is 11.8 Å². The molecule has 5 rings (SSSR count). The Labute approximate surface area is 201 Å². The largest absolute Gasteiger partial charge is 0.371 e. The number of carbonyl (C=O) groups is 2. The summed E-state index contributed by atoms with van der Waals surface area (Å²) < 4.78 is 1.87. The van der Waals surface area contributed by atoms with Gasteiger partial charge >= 0.3 is 0 Å². The summed E-state index contributed by atoms with van der Waals surface area (Å²) in [6.07, 6.45) is 3.33. The lowest BCUT2D eigenvalue weighted by Gasteiger charge is -2.41. The van der Waals surface area contributed by atoms with Crippen LogP contribution in [0.15, 0.2) is 18.2 Å². The first kappa shape index (κ1) is 24.0. The van der Waals surface area contributed by atoms with Crippen LogP contribution >= 0.6 is 12.4 Å². The third kappa shape index (κ3) is 4.74. The standard InChI is InChI=1S/C24H34N6O2.ClH/c1-16(29-13-9-25-10-14-29)17-7-11-30(12-8-17)18-3-4-19-21(15-18)28(2)27-23(19)20-5-6-22(31)26-24(20)32;/h3-4,15-17,20,25H,5-14H2,1-2H3,(H,26,31,32);1H. The predicted molar refractivity (Wildman–Crippen MR) is 132 cm³/mol. The first-order valence-electron chi connectivity index (χ1n) is 12.0. The van der Waals surface area contributed by atoms with Gasteiger partial charge in [-0.15, -0.1) is 12.4 Å². The number of rotatable bonds is 4. The van der Waals surface area contributed by atoms with Crippen LogP contribution in [0.1, 0.15) is 44.2 Å². The highest BCUT2D eigenvalue weighted by Gasteiger charge is 2.32. The SMILES string of the molecule is CC(C1CCN(c2ccc3c(C4CCC(=O)NC4=O)nn(C)c3c2)CC1)N1CCNCC1.Cl. The molecule has 2 unspecified atom stereocenters. The molecule has 2 aromatic rings. The molecule has 0 radical (unpaired) electrons. The van der Waals surface area contributed by atoms with Crippen LogP contribution in [0.4, 0.5) is 5.69 Å². The molecule has 0 bridgehead atoms. The molecule has 3 saturated heterocycles. The van der Waals surface area contributed by atoms with Crippen molar-refractivity contribution in [2.45, 2.75) is 44.6 Å². The zero-order valence-corrected chi connectivity index (χ0v) is 20.4. The molecule has 2 atom stereocenters. The monoisotopic (exact) mass is 474 g/mol. The fourth-order valence-corrected chi connectivity index (χ4v) is 5.71. The first-order chi connectivity index (χ1) is 15.5. The van der Waals surface area contributed by atoms with E-state index in [2.05, 4.69) is 50.7 Å². The van der Waals surface area contributed by atoms with E-state index in [0.29, 0.717) is 18.9 Å². The molecular weight excluding hydrogens is 440 g/mol. The number of piperazine rings is 1. The van der Waals surface area contributed by atoms with E-state index in [1.165, 1.54) is 18.5 Å². The number of hydrogen-bond donors (Lipinski definition) is 2. The zero-order chi connectivity index (χ0) is 22.2. The number of nitrogens with zero attached hydrogens (tertiary/aromatic N) is 4. The summed E-state index contributed by atoms with van der Waals surface area (Å²) in [5, 5.41) is 11.6. The number of nitrogens with one attached hydrogen (secondary N) is 2. The maximum absolute atomic E-state index is 12.4. The molecule has 0 aliphatic carbocycles. The van der Waals surface area contributed by atoms with Crippen molar-refractivity contribution >= 4 is 40.8 Å². The number of halogens is 1. The number of amides is 2. The number of aromatic nitrogens is 2. The van der Waals surface area contributed by atoms with Gasteiger partial charge in [-0.05, 0) is 50.3 Å². The quantitative estimate of drug-likeness (QED) is 0.660. The molecule has 2 amide bonds. The number of anilines is 1. The molecule has 180 valence electrons. The molecule has 0 saturated carbocycles. The molecule has 3 fully saturated rings. The highest BCUT2D eigenvalue weighted by atomic mass is 35.5. The Morgan fingerprint density at radius 1 is 1.06 bits per heavy atom. The highest BCUT2D eigenvalue weighted by Crippen LogP contribution is 2.34. The summed E-state index contributed by atoms with van der Waals surface area (Å²) in [4.78, 5) is 29.0. The van der Waals surface area contributed by atoms with Gasteiger partial charge in [0, 0.05) is 69.9 Å². The van der Waals surface area contributed by atoms with E-state index in [4.69, 9.17) is 0 Å². The molecule has 1 aromatic heterocycles. The summed E-state index contributed by atoms with van der Waals surface area (Å²) in [6, 6.07) is 7.12. The minimum atomic E-state index is -0.357. The number of benzene rings is 1. The average Bonchev–Trinajstić information content (AvgIpc) is 3.15. The highest BCUT2D eigenvalue weighted by molar-refractivity contribution is 6.02. The van der Waals surface area contributed by atoms with Gasteiger partial charge in [-0.25, -0.2) is 0 Å². The Morgan fingerprint density at radius 2 is 1.79 bits per heavy atom. The molecule has 0 spiro atoms. The van der Waals surface area contributed by atoms with E-state index >= 15 is 0 Å². The molecule has 1 aromatic carbocycles. The van der Waals surface area contributed by atoms with E-state index in [1.807, 2.05) is 11.7 Å². The van der Waals surface area contributed by atoms with Gasteiger partial charge in [-0.1, -0.05) is 0 Å². The van der Waals surface area contributed by atoms with Crippen molar-refractivity contribution in [2.24, 2.45) is 13.0 Å². The summed E-state index contributed by atoms with van der Waals surface area (Å²) in [5.74, 6) is -0.0252. The second-order valence-corrected chi connectivity index (χ2v) is 9.57. The van der Waals surface area contributed by atoms with Crippen LogP contribution in [-0.4, -0.2) is 71.8 Å². The lowest BCUT2D eigenvalue weighted by Crippen LogP contribution is -2.51. The minimum absolute atomic E-state index is 0. The third-order valence-corrected chi connectivity index (χ3v) is 7.75. The molecule has 3 aliphatic heterocycles. The maximum Gasteiger partial charge on any atom is 0.235 e. The van der Waals surface area contributed by atoms with Crippen molar-refractivity contribution in [3.05, 3.63) is 23.9 Å².